The van der Waals surface area contributed by atoms with Gasteiger partial charge in [0.2, 0.25) is 0 Å². The van der Waals surface area contributed by atoms with Gasteiger partial charge in [-0.25, -0.2) is 4.79 Å². The molecule has 0 saturated heterocycles. The Hall–Kier alpha value is -1.61. The lowest BCUT2D eigenvalue weighted by atomic mass is 10.1. The number of hydrogen-bond donors (Lipinski definition) is 0. The summed E-state index contributed by atoms with van der Waals surface area (Å²) in [5.74, 6) is -0.274. The number of hydrogen-bond acceptors (Lipinski definition) is 3. The van der Waals surface area contributed by atoms with Crippen molar-refractivity contribution in [2.24, 2.45) is 0 Å². The first-order chi connectivity index (χ1) is 10.3. The van der Waals surface area contributed by atoms with E-state index in [1.54, 1.807) is 0 Å². The van der Waals surface area contributed by atoms with E-state index in [9.17, 15) is 4.79 Å². The molecule has 0 aliphatic heterocycles. The lowest BCUT2D eigenvalue weighted by molar-refractivity contribution is -0.139. The van der Waals surface area contributed by atoms with Crippen LogP contribution in [0.15, 0.2) is 35.9 Å². The average molecular weight is 290 g/mol. The highest BCUT2D eigenvalue weighted by atomic mass is 16.5. The van der Waals surface area contributed by atoms with Crippen molar-refractivity contribution in [3.63, 3.8) is 0 Å². The normalized spacial score (nSPS) is 11.4. The summed E-state index contributed by atoms with van der Waals surface area (Å²) >= 11 is 0. The van der Waals surface area contributed by atoms with Gasteiger partial charge in [0.1, 0.15) is 0 Å². The second-order valence-electron chi connectivity index (χ2n) is 4.98. The summed E-state index contributed by atoms with van der Waals surface area (Å²) in [6, 6.07) is 9.78. The minimum Gasteiger partial charge on any atom is -0.462 e. The number of carbonyl (C=O) groups is 1. The van der Waals surface area contributed by atoms with Gasteiger partial charge >= 0.3 is 5.97 Å². The summed E-state index contributed by atoms with van der Waals surface area (Å²) in [5.41, 5.74) is 1.56. The summed E-state index contributed by atoms with van der Waals surface area (Å²) in [6.45, 7) is 5.63. The third-order valence-electron chi connectivity index (χ3n) is 3.03. The third kappa shape index (κ3) is 7.66. The van der Waals surface area contributed by atoms with Gasteiger partial charge < -0.3 is 9.47 Å². The molecule has 0 saturated carbocycles. The van der Waals surface area contributed by atoms with Crippen LogP contribution in [0.3, 0.4) is 0 Å². The SMILES string of the molecule is CCCCOCC(=Cc1ccccc1)C(=O)OCCCC. The van der Waals surface area contributed by atoms with Gasteiger partial charge in [-0.05, 0) is 24.5 Å². The van der Waals surface area contributed by atoms with Crippen LogP contribution in [0.4, 0.5) is 0 Å². The van der Waals surface area contributed by atoms with Gasteiger partial charge in [-0.1, -0.05) is 57.0 Å². The second-order valence-corrected chi connectivity index (χ2v) is 4.98. The predicted octanol–water partition coefficient (Wildman–Crippen LogP) is 4.23. The first-order valence-electron chi connectivity index (χ1n) is 7.78. The Kier molecular flexibility index (Phi) is 9.21. The fraction of sp³-hybridized carbons (Fsp3) is 0.500. The fourth-order valence-corrected chi connectivity index (χ4v) is 1.74. The number of unbranched alkanes of at least 4 members (excludes halogenated alkanes) is 2. The van der Waals surface area contributed by atoms with Crippen molar-refractivity contribution in [2.75, 3.05) is 19.8 Å². The van der Waals surface area contributed by atoms with E-state index in [2.05, 4.69) is 13.8 Å². The molecule has 0 aliphatic carbocycles. The van der Waals surface area contributed by atoms with Crippen molar-refractivity contribution in [1.82, 2.24) is 0 Å². The van der Waals surface area contributed by atoms with Crippen molar-refractivity contribution in [2.45, 2.75) is 39.5 Å². The quantitative estimate of drug-likeness (QED) is 0.367. The molecule has 0 spiro atoms. The smallest absolute Gasteiger partial charge is 0.336 e. The van der Waals surface area contributed by atoms with Crippen LogP contribution in [-0.4, -0.2) is 25.8 Å². The Balaban J connectivity index is 2.65. The molecular weight excluding hydrogens is 264 g/mol. The van der Waals surface area contributed by atoms with Gasteiger partial charge in [0.25, 0.3) is 0 Å². The van der Waals surface area contributed by atoms with Gasteiger partial charge in [-0.3, -0.25) is 0 Å². The molecule has 0 radical (unpaired) electrons. The molecule has 3 heteroatoms. The summed E-state index contributed by atoms with van der Waals surface area (Å²) in [5, 5.41) is 0. The molecule has 21 heavy (non-hydrogen) atoms. The molecule has 0 aromatic heterocycles. The Morgan fingerprint density at radius 3 is 2.38 bits per heavy atom. The molecule has 3 nitrogen and oxygen atoms in total. The predicted molar refractivity (Wildman–Crippen MR) is 86.0 cm³/mol. The van der Waals surface area contributed by atoms with E-state index < -0.39 is 0 Å². The fourth-order valence-electron chi connectivity index (χ4n) is 1.74. The van der Waals surface area contributed by atoms with Crippen LogP contribution in [-0.2, 0) is 14.3 Å². The number of rotatable bonds is 10. The van der Waals surface area contributed by atoms with Gasteiger partial charge in [0.05, 0.1) is 18.8 Å². The molecule has 0 unspecified atom stereocenters. The molecule has 0 heterocycles. The van der Waals surface area contributed by atoms with E-state index in [4.69, 9.17) is 9.47 Å². The van der Waals surface area contributed by atoms with E-state index in [1.807, 2.05) is 36.4 Å². The van der Waals surface area contributed by atoms with Crippen molar-refractivity contribution in [1.29, 1.82) is 0 Å². The van der Waals surface area contributed by atoms with Gasteiger partial charge in [-0.15, -0.1) is 0 Å². The molecule has 0 amide bonds. The zero-order valence-electron chi connectivity index (χ0n) is 13.1. The molecule has 1 aromatic rings. The molecular formula is C18H26O3. The van der Waals surface area contributed by atoms with Crippen LogP contribution in [0.25, 0.3) is 6.08 Å². The molecule has 0 N–H and O–H groups in total. The summed E-state index contributed by atoms with van der Waals surface area (Å²) in [4.78, 5) is 12.1. The minimum atomic E-state index is -0.274. The molecule has 0 atom stereocenters. The van der Waals surface area contributed by atoms with E-state index >= 15 is 0 Å². The van der Waals surface area contributed by atoms with Crippen molar-refractivity contribution < 1.29 is 14.3 Å². The first kappa shape index (κ1) is 17.4. The highest BCUT2D eigenvalue weighted by Crippen LogP contribution is 2.10. The Morgan fingerprint density at radius 1 is 1.05 bits per heavy atom. The molecule has 1 rings (SSSR count). The average Bonchev–Trinajstić information content (AvgIpc) is 2.51. The van der Waals surface area contributed by atoms with Crippen LogP contribution in [0.1, 0.15) is 45.1 Å². The summed E-state index contributed by atoms with van der Waals surface area (Å²) in [7, 11) is 0. The zero-order chi connectivity index (χ0) is 15.3. The zero-order valence-corrected chi connectivity index (χ0v) is 13.1. The Morgan fingerprint density at radius 2 is 1.71 bits per heavy atom. The molecule has 116 valence electrons. The van der Waals surface area contributed by atoms with Crippen LogP contribution in [0.5, 0.6) is 0 Å². The van der Waals surface area contributed by atoms with Gasteiger partial charge in [0.15, 0.2) is 0 Å². The lowest BCUT2D eigenvalue weighted by Crippen LogP contribution is -2.14. The number of esters is 1. The van der Waals surface area contributed by atoms with Crippen LogP contribution in [0.2, 0.25) is 0 Å². The lowest BCUT2D eigenvalue weighted by Gasteiger charge is -2.09. The maximum absolute atomic E-state index is 12.1. The van der Waals surface area contributed by atoms with Gasteiger partial charge in [-0.2, -0.15) is 0 Å². The summed E-state index contributed by atoms with van der Waals surface area (Å²) in [6.07, 6.45) is 5.83. The first-order valence-corrected chi connectivity index (χ1v) is 7.78. The Labute approximate surface area is 128 Å². The number of benzene rings is 1. The van der Waals surface area contributed by atoms with Crippen LogP contribution >= 0.6 is 0 Å². The largest absolute Gasteiger partial charge is 0.462 e. The van der Waals surface area contributed by atoms with E-state index in [0.717, 1.165) is 31.2 Å². The molecule has 0 fully saturated rings. The maximum atomic E-state index is 12.1. The number of carbonyl (C=O) groups excluding carboxylic acids is 1. The minimum absolute atomic E-state index is 0.274. The molecule has 0 aliphatic rings. The van der Waals surface area contributed by atoms with Crippen molar-refractivity contribution >= 4 is 12.0 Å². The number of ether oxygens (including phenoxy) is 2. The monoisotopic (exact) mass is 290 g/mol. The third-order valence-corrected chi connectivity index (χ3v) is 3.03. The van der Waals surface area contributed by atoms with Crippen LogP contribution < -0.4 is 0 Å². The van der Waals surface area contributed by atoms with Crippen LogP contribution in [0, 0.1) is 0 Å². The van der Waals surface area contributed by atoms with Crippen molar-refractivity contribution in [3.8, 4) is 0 Å². The second kappa shape index (κ2) is 11.1. The standard InChI is InChI=1S/C18H26O3/c1-3-5-12-20-15-17(18(19)21-13-6-4-2)14-16-10-8-7-9-11-16/h7-11,14H,3-6,12-13,15H2,1-2H3. The summed E-state index contributed by atoms with van der Waals surface area (Å²) < 4.78 is 10.9. The highest BCUT2D eigenvalue weighted by Gasteiger charge is 2.11. The maximum Gasteiger partial charge on any atom is 0.336 e. The molecule has 1 aromatic carbocycles. The Bertz CT molecular complexity index is 423. The highest BCUT2D eigenvalue weighted by molar-refractivity contribution is 5.94. The van der Waals surface area contributed by atoms with E-state index in [0.29, 0.717) is 25.4 Å². The van der Waals surface area contributed by atoms with E-state index in [1.165, 1.54) is 0 Å². The topological polar surface area (TPSA) is 35.5 Å². The van der Waals surface area contributed by atoms with Gasteiger partial charge in [0, 0.05) is 6.61 Å². The van der Waals surface area contributed by atoms with E-state index in [-0.39, 0.29) is 5.97 Å². The molecule has 0 bridgehead atoms. The van der Waals surface area contributed by atoms with Crippen molar-refractivity contribution in [3.05, 3.63) is 41.5 Å².